The number of allylic oxidation sites excluding steroid dienone is 1. The van der Waals surface area contributed by atoms with Crippen LogP contribution in [0.15, 0.2) is 60.4 Å². The lowest BCUT2D eigenvalue weighted by Crippen LogP contribution is -2.44. The van der Waals surface area contributed by atoms with E-state index in [4.69, 9.17) is 26.8 Å². The summed E-state index contributed by atoms with van der Waals surface area (Å²) in [6, 6.07) is 14.1. The molecule has 0 saturated carbocycles. The third-order valence-electron chi connectivity index (χ3n) is 5.35. The molecule has 1 aliphatic heterocycles. The van der Waals surface area contributed by atoms with E-state index in [1.165, 1.54) is 12.1 Å². The number of halogens is 2. The number of Topliss-reactive ketones (excluding diaryl/α,β-unsaturated/α-hetero) is 1. The second-order valence-electron chi connectivity index (χ2n) is 7.61. The lowest BCUT2D eigenvalue weighted by atomic mass is 9.89. The molecule has 164 valence electrons. The molecule has 1 aliphatic rings. The zero-order chi connectivity index (χ0) is 23.0. The zero-order valence-electron chi connectivity index (χ0n) is 17.6. The van der Waals surface area contributed by atoms with E-state index in [1.807, 2.05) is 6.92 Å². The largest absolute Gasteiger partial charge is 0.465 e. The van der Waals surface area contributed by atoms with Crippen LogP contribution >= 0.6 is 11.6 Å². The second kappa shape index (κ2) is 8.37. The molecule has 32 heavy (non-hydrogen) atoms. The minimum absolute atomic E-state index is 0.135. The van der Waals surface area contributed by atoms with Crippen molar-refractivity contribution in [2.45, 2.75) is 26.0 Å². The first-order chi connectivity index (χ1) is 15.3. The molecule has 0 saturated heterocycles. The normalized spacial score (nSPS) is 18.2. The minimum Gasteiger partial charge on any atom is -0.465 e. The van der Waals surface area contributed by atoms with Crippen LogP contribution in [0.4, 0.5) is 4.39 Å². The Labute approximate surface area is 189 Å². The van der Waals surface area contributed by atoms with E-state index in [1.54, 1.807) is 49.4 Å². The third kappa shape index (κ3) is 3.66. The highest BCUT2D eigenvalue weighted by atomic mass is 35.5. The highest BCUT2D eigenvalue weighted by Gasteiger charge is 2.48. The highest BCUT2D eigenvalue weighted by Crippen LogP contribution is 2.43. The van der Waals surface area contributed by atoms with Crippen LogP contribution in [0, 0.1) is 5.82 Å². The van der Waals surface area contributed by atoms with E-state index in [0.717, 1.165) is 0 Å². The Kier molecular flexibility index (Phi) is 5.75. The highest BCUT2D eigenvalue weighted by molar-refractivity contribution is 6.32. The maximum Gasteiger partial charge on any atom is 0.338 e. The van der Waals surface area contributed by atoms with Crippen LogP contribution < -0.4 is 5.73 Å². The molecule has 1 unspecified atom stereocenters. The smallest absolute Gasteiger partial charge is 0.338 e. The van der Waals surface area contributed by atoms with Gasteiger partial charge >= 0.3 is 5.97 Å². The summed E-state index contributed by atoms with van der Waals surface area (Å²) in [5.41, 5.74) is 5.62. The quantitative estimate of drug-likeness (QED) is 0.527. The van der Waals surface area contributed by atoms with Gasteiger partial charge in [-0.15, -0.1) is 0 Å². The fraction of sp³-hybridized carbons (Fsp3) is 0.200. The molecule has 3 aromatic carbocycles. The standard InChI is InChI=1S/C25H21ClFNO4/c1-3-10-31-24(30)17-8-4-6-15(11-17)21-14(2)32-25(28,23(21)29)19-13-18(26)12-16-7-5-9-20(27)22(16)19/h4-9,11-13H,3,10,28H2,1-2H3. The summed E-state index contributed by atoms with van der Waals surface area (Å²) in [4.78, 5) is 25.8. The number of ketones is 1. The van der Waals surface area contributed by atoms with Crippen molar-refractivity contribution in [2.24, 2.45) is 5.73 Å². The number of hydrogen-bond donors (Lipinski definition) is 1. The van der Waals surface area contributed by atoms with Crippen molar-refractivity contribution in [3.8, 4) is 0 Å². The van der Waals surface area contributed by atoms with Gasteiger partial charge < -0.3 is 9.47 Å². The van der Waals surface area contributed by atoms with E-state index in [0.29, 0.717) is 34.6 Å². The SMILES string of the molecule is CCCOC(=O)c1cccc(C2=C(C)OC(N)(c3cc(Cl)cc4cccc(F)c34)C2=O)c1. The van der Waals surface area contributed by atoms with Gasteiger partial charge in [0.2, 0.25) is 11.5 Å². The maximum atomic E-state index is 14.8. The van der Waals surface area contributed by atoms with Crippen molar-refractivity contribution < 1.29 is 23.5 Å². The van der Waals surface area contributed by atoms with Crippen LogP contribution in [0.25, 0.3) is 16.3 Å². The average molecular weight is 454 g/mol. The minimum atomic E-state index is -1.97. The lowest BCUT2D eigenvalue weighted by molar-refractivity contribution is -0.129. The molecule has 0 radical (unpaired) electrons. The topological polar surface area (TPSA) is 78.6 Å². The number of benzene rings is 3. The van der Waals surface area contributed by atoms with E-state index in [2.05, 4.69) is 0 Å². The molecule has 0 aliphatic carbocycles. The van der Waals surface area contributed by atoms with Crippen LogP contribution in [-0.4, -0.2) is 18.4 Å². The number of nitrogens with two attached hydrogens (primary N) is 1. The predicted octanol–water partition coefficient (Wildman–Crippen LogP) is 5.34. The molecular weight excluding hydrogens is 433 g/mol. The zero-order valence-corrected chi connectivity index (χ0v) is 18.3. The predicted molar refractivity (Wildman–Crippen MR) is 120 cm³/mol. The van der Waals surface area contributed by atoms with E-state index >= 15 is 0 Å². The Bertz CT molecular complexity index is 1290. The van der Waals surface area contributed by atoms with Crippen molar-refractivity contribution in [2.75, 3.05) is 6.61 Å². The summed E-state index contributed by atoms with van der Waals surface area (Å²) in [6.45, 7) is 3.80. The van der Waals surface area contributed by atoms with Gasteiger partial charge in [-0.2, -0.15) is 0 Å². The number of ether oxygens (including phenoxy) is 2. The van der Waals surface area contributed by atoms with Gasteiger partial charge in [0.15, 0.2) is 0 Å². The summed E-state index contributed by atoms with van der Waals surface area (Å²) in [7, 11) is 0. The van der Waals surface area contributed by atoms with Gasteiger partial charge in [0.25, 0.3) is 0 Å². The summed E-state index contributed by atoms with van der Waals surface area (Å²) in [5, 5.41) is 0.963. The molecule has 5 nitrogen and oxygen atoms in total. The first kappa shape index (κ1) is 22.0. The van der Waals surface area contributed by atoms with Gasteiger partial charge in [0, 0.05) is 16.0 Å². The molecule has 1 atom stereocenters. The Morgan fingerprint density at radius 3 is 2.69 bits per heavy atom. The van der Waals surface area contributed by atoms with Gasteiger partial charge in [-0.05, 0) is 54.6 Å². The lowest BCUT2D eigenvalue weighted by Gasteiger charge is -2.25. The number of rotatable bonds is 5. The van der Waals surface area contributed by atoms with E-state index in [-0.39, 0.29) is 22.3 Å². The molecule has 3 aromatic rings. The molecule has 2 N–H and O–H groups in total. The molecule has 0 fully saturated rings. The molecule has 7 heteroatoms. The maximum absolute atomic E-state index is 14.8. The fourth-order valence-corrected chi connectivity index (χ4v) is 4.14. The van der Waals surface area contributed by atoms with Crippen molar-refractivity contribution in [3.05, 3.63) is 87.9 Å². The van der Waals surface area contributed by atoms with E-state index in [9.17, 15) is 14.0 Å². The first-order valence-corrected chi connectivity index (χ1v) is 10.5. The molecule has 4 rings (SSSR count). The van der Waals surface area contributed by atoms with E-state index < -0.39 is 23.3 Å². The van der Waals surface area contributed by atoms with Crippen LogP contribution in [0.5, 0.6) is 0 Å². The Balaban J connectivity index is 1.79. The van der Waals surface area contributed by atoms with Gasteiger partial charge in [-0.1, -0.05) is 42.8 Å². The van der Waals surface area contributed by atoms with Crippen molar-refractivity contribution in [3.63, 3.8) is 0 Å². The van der Waals surface area contributed by atoms with Crippen LogP contribution in [0.3, 0.4) is 0 Å². The molecular formula is C25H21ClFNO4. The van der Waals surface area contributed by atoms with Gasteiger partial charge in [-0.3, -0.25) is 10.5 Å². The molecule has 0 spiro atoms. The van der Waals surface area contributed by atoms with Gasteiger partial charge in [-0.25, -0.2) is 9.18 Å². The third-order valence-corrected chi connectivity index (χ3v) is 5.56. The second-order valence-corrected chi connectivity index (χ2v) is 8.04. The number of esters is 1. The first-order valence-electron chi connectivity index (χ1n) is 10.2. The summed E-state index contributed by atoms with van der Waals surface area (Å²) in [6.07, 6.45) is 0.696. The average Bonchev–Trinajstić information content (AvgIpc) is 3.00. The number of fused-ring (bicyclic) bond motifs is 1. The van der Waals surface area contributed by atoms with Crippen LogP contribution in [0.1, 0.15) is 41.8 Å². The molecule has 0 amide bonds. The molecule has 1 heterocycles. The van der Waals surface area contributed by atoms with Crippen LogP contribution in [0.2, 0.25) is 5.02 Å². The summed E-state index contributed by atoms with van der Waals surface area (Å²) in [5.74, 6) is -1.32. The fourth-order valence-electron chi connectivity index (χ4n) is 3.91. The monoisotopic (exact) mass is 453 g/mol. The summed E-state index contributed by atoms with van der Waals surface area (Å²) < 4.78 is 25.8. The Morgan fingerprint density at radius 1 is 1.19 bits per heavy atom. The van der Waals surface area contributed by atoms with Crippen molar-refractivity contribution in [1.29, 1.82) is 0 Å². The van der Waals surface area contributed by atoms with Gasteiger partial charge in [0.05, 0.1) is 17.7 Å². The number of hydrogen-bond acceptors (Lipinski definition) is 5. The van der Waals surface area contributed by atoms with Crippen LogP contribution in [-0.2, 0) is 20.0 Å². The van der Waals surface area contributed by atoms with Crippen molar-refractivity contribution in [1.82, 2.24) is 0 Å². The van der Waals surface area contributed by atoms with Crippen molar-refractivity contribution >= 4 is 39.7 Å². The number of carbonyl (C=O) groups is 2. The molecule has 0 bridgehead atoms. The molecule has 0 aromatic heterocycles. The van der Waals surface area contributed by atoms with Gasteiger partial charge in [0.1, 0.15) is 11.6 Å². The Hall–Kier alpha value is -3.22. The summed E-state index contributed by atoms with van der Waals surface area (Å²) >= 11 is 6.24. The number of carbonyl (C=O) groups excluding carboxylic acids is 2. The Morgan fingerprint density at radius 2 is 1.94 bits per heavy atom.